The zero-order valence-electron chi connectivity index (χ0n) is 7.05. The molecule has 0 N–H and O–H groups in total. The first-order chi connectivity index (χ1) is 5.25. The van der Waals surface area contributed by atoms with E-state index in [1.54, 1.807) is 6.92 Å². The Balaban J connectivity index is 2.62. The third-order valence-corrected chi connectivity index (χ3v) is 1.97. The number of likely N-dealkylation sites (tertiary alicyclic amines) is 1. The van der Waals surface area contributed by atoms with Gasteiger partial charge in [-0.3, -0.25) is 4.79 Å². The minimum absolute atomic E-state index is 0.148. The average molecular weight is 151 g/mol. The number of amides is 1. The van der Waals surface area contributed by atoms with E-state index in [1.165, 1.54) is 0 Å². The molecule has 2 nitrogen and oxygen atoms in total. The second-order valence-electron chi connectivity index (χ2n) is 2.76. The van der Waals surface area contributed by atoms with Crippen molar-refractivity contribution in [3.8, 4) is 11.8 Å². The quantitative estimate of drug-likeness (QED) is 0.473. The molecule has 0 saturated carbocycles. The van der Waals surface area contributed by atoms with E-state index in [9.17, 15) is 4.79 Å². The zero-order valence-corrected chi connectivity index (χ0v) is 7.05. The molecule has 0 bridgehead atoms. The first kappa shape index (κ1) is 8.13. The van der Waals surface area contributed by atoms with E-state index in [0.29, 0.717) is 0 Å². The molecule has 0 aromatic heterocycles. The predicted molar refractivity (Wildman–Crippen MR) is 43.9 cm³/mol. The lowest BCUT2D eigenvalue weighted by molar-refractivity contribution is -0.128. The maximum atomic E-state index is 11.0. The van der Waals surface area contributed by atoms with Gasteiger partial charge in [-0.2, -0.15) is 0 Å². The second-order valence-corrected chi connectivity index (χ2v) is 2.76. The van der Waals surface area contributed by atoms with Gasteiger partial charge in [0.1, 0.15) is 0 Å². The highest BCUT2D eigenvalue weighted by Gasteiger charge is 2.24. The van der Waals surface area contributed by atoms with Gasteiger partial charge in [-0.1, -0.05) is 5.92 Å². The summed E-state index contributed by atoms with van der Waals surface area (Å²) in [6.45, 7) is 4.31. The molecule has 2 heteroatoms. The van der Waals surface area contributed by atoms with E-state index in [0.717, 1.165) is 19.4 Å². The van der Waals surface area contributed by atoms with Crippen LogP contribution in [0, 0.1) is 11.8 Å². The Kier molecular flexibility index (Phi) is 2.53. The van der Waals surface area contributed by atoms with Crippen LogP contribution in [0.25, 0.3) is 0 Å². The van der Waals surface area contributed by atoms with Gasteiger partial charge >= 0.3 is 0 Å². The Morgan fingerprint density at radius 1 is 1.64 bits per heavy atom. The van der Waals surface area contributed by atoms with Gasteiger partial charge in [-0.25, -0.2) is 0 Å². The van der Waals surface area contributed by atoms with Crippen molar-refractivity contribution in [1.29, 1.82) is 0 Å². The van der Waals surface area contributed by atoms with Crippen LogP contribution in [0.2, 0.25) is 0 Å². The molecule has 1 aliphatic heterocycles. The van der Waals surface area contributed by atoms with Gasteiger partial charge in [0.05, 0.1) is 6.04 Å². The van der Waals surface area contributed by atoms with E-state index in [2.05, 4.69) is 11.8 Å². The number of carbonyl (C=O) groups is 1. The molecule has 0 radical (unpaired) electrons. The van der Waals surface area contributed by atoms with Crippen LogP contribution in [0.3, 0.4) is 0 Å². The van der Waals surface area contributed by atoms with Crippen molar-refractivity contribution in [2.45, 2.75) is 32.7 Å². The normalized spacial score (nSPS) is 22.7. The van der Waals surface area contributed by atoms with Crippen molar-refractivity contribution in [2.75, 3.05) is 6.54 Å². The van der Waals surface area contributed by atoms with Crippen molar-refractivity contribution < 1.29 is 4.79 Å². The average Bonchev–Trinajstić information content (AvgIpc) is 2.36. The van der Waals surface area contributed by atoms with Crippen molar-refractivity contribution in [1.82, 2.24) is 4.90 Å². The summed E-state index contributed by atoms with van der Waals surface area (Å²) in [5.41, 5.74) is 0. The van der Waals surface area contributed by atoms with Crippen LogP contribution in [0.1, 0.15) is 26.7 Å². The third kappa shape index (κ3) is 1.74. The lowest BCUT2D eigenvalue weighted by Crippen LogP contribution is -2.32. The molecule has 0 aromatic carbocycles. The maximum Gasteiger partial charge on any atom is 0.220 e. The lowest BCUT2D eigenvalue weighted by atomic mass is 10.2. The highest BCUT2D eigenvalue weighted by molar-refractivity contribution is 5.74. The number of rotatable bonds is 0. The van der Waals surface area contributed by atoms with Gasteiger partial charge in [0.25, 0.3) is 0 Å². The lowest BCUT2D eigenvalue weighted by Gasteiger charge is -2.17. The fourth-order valence-corrected chi connectivity index (χ4v) is 1.46. The molecule has 0 spiro atoms. The number of carbonyl (C=O) groups excluding carboxylic acids is 1. The SMILES string of the molecule is CC#CC1CCCN1C(C)=O. The highest BCUT2D eigenvalue weighted by atomic mass is 16.2. The Hall–Kier alpha value is -0.970. The van der Waals surface area contributed by atoms with Gasteiger partial charge in [0, 0.05) is 13.5 Å². The van der Waals surface area contributed by atoms with E-state index in [4.69, 9.17) is 0 Å². The highest BCUT2D eigenvalue weighted by Crippen LogP contribution is 2.15. The Morgan fingerprint density at radius 3 is 2.91 bits per heavy atom. The summed E-state index contributed by atoms with van der Waals surface area (Å²) in [4.78, 5) is 12.8. The summed E-state index contributed by atoms with van der Waals surface area (Å²) < 4.78 is 0. The monoisotopic (exact) mass is 151 g/mol. The number of hydrogen-bond acceptors (Lipinski definition) is 1. The summed E-state index contributed by atoms with van der Waals surface area (Å²) in [7, 11) is 0. The summed E-state index contributed by atoms with van der Waals surface area (Å²) in [5.74, 6) is 6.03. The van der Waals surface area contributed by atoms with Gasteiger partial charge in [0.15, 0.2) is 0 Å². The first-order valence-electron chi connectivity index (χ1n) is 3.95. The molecule has 60 valence electrons. The van der Waals surface area contributed by atoms with Gasteiger partial charge in [-0.05, 0) is 19.8 Å². The minimum atomic E-state index is 0.148. The predicted octanol–water partition coefficient (Wildman–Crippen LogP) is 1.02. The Bertz CT molecular complexity index is 211. The third-order valence-electron chi connectivity index (χ3n) is 1.97. The maximum absolute atomic E-state index is 11.0. The van der Waals surface area contributed by atoms with Crippen LogP contribution < -0.4 is 0 Å². The topological polar surface area (TPSA) is 20.3 Å². The van der Waals surface area contributed by atoms with E-state index in [-0.39, 0.29) is 11.9 Å². The zero-order chi connectivity index (χ0) is 8.27. The van der Waals surface area contributed by atoms with Crippen LogP contribution in [-0.4, -0.2) is 23.4 Å². The summed E-state index contributed by atoms with van der Waals surface area (Å²) >= 11 is 0. The molecular formula is C9H13NO. The smallest absolute Gasteiger partial charge is 0.220 e. The van der Waals surface area contributed by atoms with Crippen LogP contribution in [0.15, 0.2) is 0 Å². The minimum Gasteiger partial charge on any atom is -0.329 e. The molecule has 0 aliphatic carbocycles. The molecule has 1 unspecified atom stereocenters. The molecule has 1 rings (SSSR count). The molecule has 1 aliphatic rings. The molecule has 1 fully saturated rings. The van der Waals surface area contributed by atoms with Crippen molar-refractivity contribution in [3.63, 3.8) is 0 Å². The molecule has 1 saturated heterocycles. The molecule has 1 amide bonds. The first-order valence-corrected chi connectivity index (χ1v) is 3.95. The molecule has 1 atom stereocenters. The van der Waals surface area contributed by atoms with Gasteiger partial charge in [0.2, 0.25) is 5.91 Å². The fraction of sp³-hybridized carbons (Fsp3) is 0.667. The summed E-state index contributed by atoms with van der Waals surface area (Å²) in [6, 6.07) is 0.192. The van der Waals surface area contributed by atoms with Crippen molar-refractivity contribution in [3.05, 3.63) is 0 Å². The fourth-order valence-electron chi connectivity index (χ4n) is 1.46. The summed E-state index contributed by atoms with van der Waals surface area (Å²) in [6.07, 6.45) is 2.14. The Morgan fingerprint density at radius 2 is 2.36 bits per heavy atom. The molecule has 11 heavy (non-hydrogen) atoms. The molecule has 0 aromatic rings. The molecular weight excluding hydrogens is 138 g/mol. The molecule has 1 heterocycles. The number of nitrogens with zero attached hydrogens (tertiary/aromatic N) is 1. The number of hydrogen-bond donors (Lipinski definition) is 0. The largest absolute Gasteiger partial charge is 0.329 e. The van der Waals surface area contributed by atoms with Gasteiger partial charge in [-0.15, -0.1) is 5.92 Å². The van der Waals surface area contributed by atoms with E-state index < -0.39 is 0 Å². The van der Waals surface area contributed by atoms with Crippen LogP contribution in [0.4, 0.5) is 0 Å². The van der Waals surface area contributed by atoms with Crippen LogP contribution >= 0.6 is 0 Å². The Labute approximate surface area is 67.6 Å². The van der Waals surface area contributed by atoms with Crippen molar-refractivity contribution >= 4 is 5.91 Å². The van der Waals surface area contributed by atoms with Crippen LogP contribution in [-0.2, 0) is 4.79 Å². The van der Waals surface area contributed by atoms with E-state index in [1.807, 2.05) is 11.8 Å². The van der Waals surface area contributed by atoms with E-state index >= 15 is 0 Å². The van der Waals surface area contributed by atoms with Crippen molar-refractivity contribution in [2.24, 2.45) is 0 Å². The summed E-state index contributed by atoms with van der Waals surface area (Å²) in [5, 5.41) is 0. The standard InChI is InChI=1S/C9H13NO/c1-3-5-9-6-4-7-10(9)8(2)11/h9H,4,6-7H2,1-2H3. The second kappa shape index (κ2) is 3.43. The van der Waals surface area contributed by atoms with Crippen LogP contribution in [0.5, 0.6) is 0 Å². The van der Waals surface area contributed by atoms with Gasteiger partial charge < -0.3 is 4.90 Å².